The van der Waals surface area contributed by atoms with E-state index < -0.39 is 23.1 Å². The SMILES string of the molecule is NC(=O)[C@@H]1CCC(=O)N1C1CCC(O[N+](=O)[O-])CC1. The molecule has 0 aromatic rings. The van der Waals surface area contributed by atoms with Gasteiger partial charge in [0.05, 0.1) is 0 Å². The molecule has 2 N–H and O–H groups in total. The second kappa shape index (κ2) is 5.41. The average Bonchev–Trinajstić information content (AvgIpc) is 2.71. The largest absolute Gasteiger partial charge is 0.368 e. The van der Waals surface area contributed by atoms with E-state index in [0.29, 0.717) is 38.5 Å². The van der Waals surface area contributed by atoms with Crippen molar-refractivity contribution >= 4 is 11.8 Å². The molecule has 106 valence electrons. The molecule has 0 unspecified atom stereocenters. The summed E-state index contributed by atoms with van der Waals surface area (Å²) >= 11 is 0. The molecule has 0 bridgehead atoms. The van der Waals surface area contributed by atoms with Crippen LogP contribution in [-0.4, -0.2) is 40.0 Å². The topological polar surface area (TPSA) is 116 Å². The molecule has 1 aliphatic heterocycles. The lowest BCUT2D eigenvalue weighted by molar-refractivity contribution is -0.769. The third kappa shape index (κ3) is 2.94. The van der Waals surface area contributed by atoms with E-state index in [1.165, 1.54) is 0 Å². The smallest absolute Gasteiger partial charge is 0.294 e. The van der Waals surface area contributed by atoms with Gasteiger partial charge in [-0.2, -0.15) is 0 Å². The van der Waals surface area contributed by atoms with Gasteiger partial charge in [-0.3, -0.25) is 9.59 Å². The number of carbonyl (C=O) groups is 2. The quantitative estimate of drug-likeness (QED) is 0.570. The molecule has 1 atom stereocenters. The number of hydrogen-bond donors (Lipinski definition) is 1. The van der Waals surface area contributed by atoms with E-state index in [1.807, 2.05) is 0 Å². The van der Waals surface area contributed by atoms with Crippen LogP contribution in [0.5, 0.6) is 0 Å². The minimum atomic E-state index is -0.780. The van der Waals surface area contributed by atoms with E-state index in [2.05, 4.69) is 4.84 Å². The minimum Gasteiger partial charge on any atom is -0.368 e. The van der Waals surface area contributed by atoms with Crippen LogP contribution < -0.4 is 5.73 Å². The van der Waals surface area contributed by atoms with Crippen LogP contribution in [0.4, 0.5) is 0 Å². The van der Waals surface area contributed by atoms with Gasteiger partial charge >= 0.3 is 0 Å². The van der Waals surface area contributed by atoms with Crippen molar-refractivity contribution < 1.29 is 19.5 Å². The number of amides is 2. The maximum Gasteiger partial charge on any atom is 0.294 e. The molecule has 0 aromatic carbocycles. The van der Waals surface area contributed by atoms with Gasteiger partial charge in [-0.05, 0) is 32.1 Å². The van der Waals surface area contributed by atoms with Crippen molar-refractivity contribution in [3.8, 4) is 0 Å². The molecule has 1 aliphatic carbocycles. The molecular formula is C11H17N3O5. The van der Waals surface area contributed by atoms with Gasteiger partial charge in [-0.1, -0.05) is 0 Å². The average molecular weight is 271 g/mol. The van der Waals surface area contributed by atoms with Crippen molar-refractivity contribution in [1.29, 1.82) is 0 Å². The number of nitrogens with two attached hydrogens (primary N) is 1. The normalized spacial score (nSPS) is 31.3. The maximum absolute atomic E-state index is 11.8. The maximum atomic E-state index is 11.8. The number of nitrogens with zero attached hydrogens (tertiary/aromatic N) is 2. The first-order valence-corrected chi connectivity index (χ1v) is 6.40. The summed E-state index contributed by atoms with van der Waals surface area (Å²) < 4.78 is 0. The second-order valence-electron chi connectivity index (χ2n) is 5.02. The fraction of sp³-hybridized carbons (Fsp3) is 0.818. The molecule has 8 heteroatoms. The van der Waals surface area contributed by atoms with Crippen LogP contribution in [-0.2, 0) is 14.4 Å². The molecule has 0 aromatic heterocycles. The Morgan fingerprint density at radius 3 is 2.47 bits per heavy atom. The molecule has 2 fully saturated rings. The lowest BCUT2D eigenvalue weighted by atomic mass is 9.91. The van der Waals surface area contributed by atoms with Gasteiger partial charge < -0.3 is 15.5 Å². The zero-order chi connectivity index (χ0) is 14.0. The van der Waals surface area contributed by atoms with E-state index in [0.717, 1.165) is 0 Å². The number of likely N-dealkylation sites (tertiary alicyclic amines) is 1. The van der Waals surface area contributed by atoms with Gasteiger partial charge in [0, 0.05) is 12.5 Å². The Kier molecular flexibility index (Phi) is 3.87. The standard InChI is InChI=1S/C11H17N3O5/c12-11(16)9-5-6-10(15)13(9)7-1-3-8(4-2-7)19-14(17)18/h7-9H,1-6H2,(H2,12,16)/t7?,8?,9-/m0/s1. The molecule has 19 heavy (non-hydrogen) atoms. The van der Waals surface area contributed by atoms with Crippen molar-refractivity contribution in [1.82, 2.24) is 4.90 Å². The highest BCUT2D eigenvalue weighted by molar-refractivity contribution is 5.90. The van der Waals surface area contributed by atoms with Crippen molar-refractivity contribution in [2.75, 3.05) is 0 Å². The van der Waals surface area contributed by atoms with Gasteiger partial charge in [0.15, 0.2) is 0 Å². The first kappa shape index (κ1) is 13.6. The van der Waals surface area contributed by atoms with Crippen LogP contribution in [0.25, 0.3) is 0 Å². The highest BCUT2D eigenvalue weighted by Crippen LogP contribution is 2.31. The van der Waals surface area contributed by atoms with Gasteiger partial charge in [0.25, 0.3) is 5.09 Å². The Balaban J connectivity index is 1.94. The molecular weight excluding hydrogens is 254 g/mol. The molecule has 2 amide bonds. The Labute approximate surface area is 110 Å². The van der Waals surface area contributed by atoms with E-state index in [1.54, 1.807) is 4.90 Å². The molecule has 1 saturated heterocycles. The highest BCUT2D eigenvalue weighted by Gasteiger charge is 2.40. The molecule has 1 heterocycles. The van der Waals surface area contributed by atoms with Crippen LogP contribution in [0.1, 0.15) is 38.5 Å². The lowest BCUT2D eigenvalue weighted by Crippen LogP contribution is -2.49. The molecule has 1 saturated carbocycles. The first-order chi connectivity index (χ1) is 8.99. The zero-order valence-corrected chi connectivity index (χ0v) is 10.5. The lowest BCUT2D eigenvalue weighted by Gasteiger charge is -2.36. The molecule has 2 rings (SSSR count). The monoisotopic (exact) mass is 271 g/mol. The van der Waals surface area contributed by atoms with Gasteiger partial charge in [-0.15, -0.1) is 10.1 Å². The molecule has 2 aliphatic rings. The van der Waals surface area contributed by atoms with Crippen LogP contribution in [0, 0.1) is 10.1 Å². The summed E-state index contributed by atoms with van der Waals surface area (Å²) in [5.74, 6) is -0.531. The van der Waals surface area contributed by atoms with E-state index in [4.69, 9.17) is 5.73 Å². The fourth-order valence-corrected chi connectivity index (χ4v) is 2.99. The fourth-order valence-electron chi connectivity index (χ4n) is 2.99. The summed E-state index contributed by atoms with van der Waals surface area (Å²) in [6.45, 7) is 0. The molecule has 0 spiro atoms. The summed E-state index contributed by atoms with van der Waals surface area (Å²) in [4.78, 5) is 39.5. The zero-order valence-electron chi connectivity index (χ0n) is 10.5. The van der Waals surface area contributed by atoms with E-state index in [9.17, 15) is 19.7 Å². The third-order valence-electron chi connectivity index (χ3n) is 3.86. The number of hydrogen-bond acceptors (Lipinski definition) is 5. The van der Waals surface area contributed by atoms with Crippen LogP contribution >= 0.6 is 0 Å². The predicted molar refractivity (Wildman–Crippen MR) is 63.2 cm³/mol. The van der Waals surface area contributed by atoms with E-state index in [-0.39, 0.29) is 11.9 Å². The first-order valence-electron chi connectivity index (χ1n) is 6.40. The third-order valence-corrected chi connectivity index (χ3v) is 3.86. The summed E-state index contributed by atoms with van der Waals surface area (Å²) in [6.07, 6.45) is 2.65. The van der Waals surface area contributed by atoms with Crippen molar-refractivity contribution in [2.45, 2.75) is 56.7 Å². The molecule has 8 nitrogen and oxygen atoms in total. The Morgan fingerprint density at radius 2 is 1.95 bits per heavy atom. The predicted octanol–water partition coefficient (Wildman–Crippen LogP) is -0.0178. The van der Waals surface area contributed by atoms with Gasteiger partial charge in [0.1, 0.15) is 12.1 Å². The van der Waals surface area contributed by atoms with Crippen molar-refractivity contribution in [2.24, 2.45) is 5.73 Å². The summed E-state index contributed by atoms with van der Waals surface area (Å²) in [7, 11) is 0. The minimum absolute atomic E-state index is 0.0533. The second-order valence-corrected chi connectivity index (χ2v) is 5.02. The van der Waals surface area contributed by atoms with Gasteiger partial charge in [0.2, 0.25) is 11.8 Å². The number of carbonyl (C=O) groups excluding carboxylic acids is 2. The number of primary amides is 1. The van der Waals surface area contributed by atoms with Crippen molar-refractivity contribution in [3.63, 3.8) is 0 Å². The Morgan fingerprint density at radius 1 is 1.32 bits per heavy atom. The van der Waals surface area contributed by atoms with Crippen LogP contribution in [0.2, 0.25) is 0 Å². The van der Waals surface area contributed by atoms with Crippen LogP contribution in [0.15, 0.2) is 0 Å². The van der Waals surface area contributed by atoms with Crippen LogP contribution in [0.3, 0.4) is 0 Å². The van der Waals surface area contributed by atoms with Crippen molar-refractivity contribution in [3.05, 3.63) is 10.1 Å². The van der Waals surface area contributed by atoms with Gasteiger partial charge in [-0.25, -0.2) is 0 Å². The highest BCUT2D eigenvalue weighted by atomic mass is 17.0. The summed E-state index contributed by atoms with van der Waals surface area (Å²) in [5.41, 5.74) is 5.30. The summed E-state index contributed by atoms with van der Waals surface area (Å²) in [6, 6.07) is -0.579. The Bertz CT molecular complexity index is 392. The van der Waals surface area contributed by atoms with E-state index >= 15 is 0 Å². The Hall–Kier alpha value is -1.86. The number of rotatable bonds is 4. The molecule has 0 radical (unpaired) electrons. The summed E-state index contributed by atoms with van der Waals surface area (Å²) in [5, 5.41) is 9.48.